The number of hydrogen-bond donors (Lipinski definition) is 1. The largest absolute Gasteiger partial charge is 0.490 e. The van der Waals surface area contributed by atoms with Gasteiger partial charge in [0.25, 0.3) is 11.8 Å². The van der Waals surface area contributed by atoms with Gasteiger partial charge in [-0.25, -0.2) is 0 Å². The van der Waals surface area contributed by atoms with Gasteiger partial charge in [-0.2, -0.15) is 0 Å². The van der Waals surface area contributed by atoms with Crippen molar-refractivity contribution in [2.45, 2.75) is 13.8 Å². The number of carbonyl (C=O) groups excluding carboxylic acids is 2. The van der Waals surface area contributed by atoms with Crippen LogP contribution < -0.4 is 14.8 Å². The summed E-state index contributed by atoms with van der Waals surface area (Å²) >= 11 is 12.5. The van der Waals surface area contributed by atoms with Crippen LogP contribution in [0.5, 0.6) is 11.5 Å². The van der Waals surface area contributed by atoms with Crippen LogP contribution in [0.1, 0.15) is 19.4 Å². The number of benzene rings is 2. The fourth-order valence-electron chi connectivity index (χ4n) is 2.83. The van der Waals surface area contributed by atoms with Crippen molar-refractivity contribution >= 4 is 63.5 Å². The molecule has 162 valence electrons. The van der Waals surface area contributed by atoms with Crippen LogP contribution in [-0.2, 0) is 9.59 Å². The Hall–Kier alpha value is -2.55. The molecule has 1 heterocycles. The van der Waals surface area contributed by atoms with Gasteiger partial charge in [0, 0.05) is 17.3 Å². The number of amides is 2. The lowest BCUT2D eigenvalue weighted by molar-refractivity contribution is -0.122. The molecule has 2 aromatic carbocycles. The van der Waals surface area contributed by atoms with Crippen LogP contribution in [0.3, 0.4) is 0 Å². The number of carbonyl (C=O) groups is 2. The predicted molar refractivity (Wildman–Crippen MR) is 129 cm³/mol. The van der Waals surface area contributed by atoms with Crippen molar-refractivity contribution in [1.29, 1.82) is 0 Å². The monoisotopic (exact) mass is 476 g/mol. The second kappa shape index (κ2) is 10.7. The highest BCUT2D eigenvalue weighted by Gasteiger charge is 2.30. The molecule has 0 aromatic heterocycles. The first-order chi connectivity index (χ1) is 14.9. The van der Waals surface area contributed by atoms with Crippen molar-refractivity contribution in [2.24, 2.45) is 0 Å². The smallest absolute Gasteiger partial charge is 0.266 e. The van der Waals surface area contributed by atoms with E-state index in [0.717, 1.165) is 5.56 Å². The molecule has 0 unspecified atom stereocenters. The molecule has 6 nitrogen and oxygen atoms in total. The lowest BCUT2D eigenvalue weighted by Crippen LogP contribution is -2.27. The Kier molecular flexibility index (Phi) is 7.95. The molecular formula is C22H21ClN2O4S2. The molecule has 31 heavy (non-hydrogen) atoms. The third-order valence-electron chi connectivity index (χ3n) is 4.22. The first-order valence-electron chi connectivity index (χ1n) is 9.61. The fourth-order valence-corrected chi connectivity index (χ4v) is 4.41. The van der Waals surface area contributed by atoms with Gasteiger partial charge in [-0.15, -0.1) is 0 Å². The molecule has 9 heteroatoms. The minimum Gasteiger partial charge on any atom is -0.490 e. The van der Waals surface area contributed by atoms with Gasteiger partial charge in [0.2, 0.25) is 0 Å². The Morgan fingerprint density at radius 1 is 1.19 bits per heavy atom. The Bertz CT molecular complexity index is 1040. The van der Waals surface area contributed by atoms with Gasteiger partial charge in [0.05, 0.1) is 11.5 Å². The number of halogens is 1. The first kappa shape index (κ1) is 23.1. The summed E-state index contributed by atoms with van der Waals surface area (Å²) in [5.74, 6) is 0.490. The van der Waals surface area contributed by atoms with Gasteiger partial charge in [0.15, 0.2) is 18.1 Å². The molecule has 0 bridgehead atoms. The number of rotatable bonds is 8. The lowest BCUT2D eigenvalue weighted by Gasteiger charge is -2.13. The summed E-state index contributed by atoms with van der Waals surface area (Å²) in [4.78, 5) is 26.7. The normalized spacial score (nSPS) is 14.8. The second-order valence-electron chi connectivity index (χ2n) is 6.41. The van der Waals surface area contributed by atoms with Crippen LogP contribution >= 0.6 is 35.6 Å². The van der Waals surface area contributed by atoms with Gasteiger partial charge in [-0.1, -0.05) is 47.7 Å². The number of thioether (sulfide) groups is 1. The average molecular weight is 477 g/mol. The van der Waals surface area contributed by atoms with Gasteiger partial charge in [-0.3, -0.25) is 14.5 Å². The quantitative estimate of drug-likeness (QED) is 0.428. The van der Waals surface area contributed by atoms with Gasteiger partial charge in [-0.05, 0) is 55.8 Å². The van der Waals surface area contributed by atoms with Crippen molar-refractivity contribution in [2.75, 3.05) is 25.1 Å². The van der Waals surface area contributed by atoms with Crippen LogP contribution in [0.25, 0.3) is 6.08 Å². The Morgan fingerprint density at radius 2 is 2.00 bits per heavy atom. The highest BCUT2D eigenvalue weighted by molar-refractivity contribution is 8.26. The van der Waals surface area contributed by atoms with Crippen molar-refractivity contribution in [1.82, 2.24) is 4.90 Å². The summed E-state index contributed by atoms with van der Waals surface area (Å²) in [5, 5.41) is 3.26. The molecule has 1 saturated heterocycles. The van der Waals surface area contributed by atoms with E-state index in [2.05, 4.69) is 5.32 Å². The van der Waals surface area contributed by atoms with Crippen LogP contribution in [0.2, 0.25) is 5.02 Å². The SMILES string of the molecule is CCOc1cc(/C=C2\SC(=S)N(CC)C2=O)ccc1OCC(=O)Nc1cccc(Cl)c1. The third kappa shape index (κ3) is 6.00. The zero-order valence-corrected chi connectivity index (χ0v) is 19.4. The van der Waals surface area contributed by atoms with E-state index in [1.54, 1.807) is 53.4 Å². The van der Waals surface area contributed by atoms with E-state index in [1.807, 2.05) is 13.8 Å². The molecule has 0 aliphatic carbocycles. The van der Waals surface area contributed by atoms with E-state index in [0.29, 0.717) is 44.6 Å². The molecule has 0 spiro atoms. The average Bonchev–Trinajstić information content (AvgIpc) is 3.00. The molecule has 2 aromatic rings. The van der Waals surface area contributed by atoms with Gasteiger partial charge >= 0.3 is 0 Å². The van der Waals surface area contributed by atoms with E-state index in [9.17, 15) is 9.59 Å². The third-order valence-corrected chi connectivity index (χ3v) is 5.84. The minimum atomic E-state index is -0.322. The minimum absolute atomic E-state index is 0.103. The van der Waals surface area contributed by atoms with E-state index in [-0.39, 0.29) is 18.4 Å². The molecule has 0 radical (unpaired) electrons. The van der Waals surface area contributed by atoms with Crippen molar-refractivity contribution in [3.05, 3.63) is 58.0 Å². The maximum Gasteiger partial charge on any atom is 0.266 e. The van der Waals surface area contributed by atoms with E-state index >= 15 is 0 Å². The van der Waals surface area contributed by atoms with E-state index < -0.39 is 0 Å². The zero-order valence-electron chi connectivity index (χ0n) is 17.0. The summed E-state index contributed by atoms with van der Waals surface area (Å²) in [5.41, 5.74) is 1.36. The van der Waals surface area contributed by atoms with Crippen molar-refractivity contribution in [3.63, 3.8) is 0 Å². The molecular weight excluding hydrogens is 456 g/mol. The summed E-state index contributed by atoms with van der Waals surface area (Å²) in [7, 11) is 0. The number of ether oxygens (including phenoxy) is 2. The second-order valence-corrected chi connectivity index (χ2v) is 8.52. The standard InChI is InChI=1S/C22H21ClN2O4S2/c1-3-25-21(27)19(31-22(25)30)11-14-8-9-17(18(10-14)28-4-2)29-13-20(26)24-16-7-5-6-15(23)12-16/h5-12H,3-4,13H2,1-2H3,(H,24,26)/b19-11-. The molecule has 1 N–H and O–H groups in total. The van der Waals surface area contributed by atoms with E-state index in [4.69, 9.17) is 33.3 Å². The van der Waals surface area contributed by atoms with Crippen LogP contribution in [-0.4, -0.2) is 40.8 Å². The number of thiocarbonyl (C=S) groups is 1. The Morgan fingerprint density at radius 3 is 2.68 bits per heavy atom. The molecule has 1 aliphatic rings. The molecule has 0 saturated carbocycles. The molecule has 1 fully saturated rings. The van der Waals surface area contributed by atoms with Crippen LogP contribution in [0.15, 0.2) is 47.4 Å². The summed E-state index contributed by atoms with van der Waals surface area (Å²) in [6, 6.07) is 12.1. The van der Waals surface area contributed by atoms with E-state index in [1.165, 1.54) is 11.8 Å². The number of likely N-dealkylation sites (N-methyl/N-ethyl adjacent to an activating group) is 1. The summed E-state index contributed by atoms with van der Waals surface area (Å²) in [6.07, 6.45) is 1.77. The topological polar surface area (TPSA) is 67.9 Å². The fraction of sp³-hybridized carbons (Fsp3) is 0.227. The summed E-state index contributed by atoms with van der Waals surface area (Å²) < 4.78 is 11.9. The number of nitrogens with zero attached hydrogens (tertiary/aromatic N) is 1. The maximum absolute atomic E-state index is 12.4. The molecule has 0 atom stereocenters. The maximum atomic E-state index is 12.4. The Labute approximate surface area is 195 Å². The molecule has 1 aliphatic heterocycles. The number of hydrogen-bond acceptors (Lipinski definition) is 6. The molecule has 3 rings (SSSR count). The predicted octanol–water partition coefficient (Wildman–Crippen LogP) is 4.98. The Balaban J connectivity index is 1.70. The van der Waals surface area contributed by atoms with Crippen molar-refractivity contribution < 1.29 is 19.1 Å². The summed E-state index contributed by atoms with van der Waals surface area (Å²) in [6.45, 7) is 4.51. The van der Waals surface area contributed by atoms with Gasteiger partial charge < -0.3 is 14.8 Å². The van der Waals surface area contributed by atoms with Crippen molar-refractivity contribution in [3.8, 4) is 11.5 Å². The highest BCUT2D eigenvalue weighted by Crippen LogP contribution is 2.34. The van der Waals surface area contributed by atoms with Crippen LogP contribution in [0, 0.1) is 0 Å². The van der Waals surface area contributed by atoms with Gasteiger partial charge in [0.1, 0.15) is 4.32 Å². The lowest BCUT2D eigenvalue weighted by atomic mass is 10.2. The number of anilines is 1. The van der Waals surface area contributed by atoms with Crippen LogP contribution in [0.4, 0.5) is 5.69 Å². The highest BCUT2D eigenvalue weighted by atomic mass is 35.5. The molecule has 2 amide bonds. The first-order valence-corrected chi connectivity index (χ1v) is 11.2. The zero-order chi connectivity index (χ0) is 22.4. The number of nitrogens with one attached hydrogen (secondary N) is 1.